The van der Waals surface area contributed by atoms with Gasteiger partial charge >= 0.3 is 7.82 Å². The zero-order chi connectivity index (χ0) is 39.3. The van der Waals surface area contributed by atoms with Gasteiger partial charge in [-0.3, -0.25) is 13.8 Å². The molecule has 0 aromatic rings. The molecule has 1 amide bonds. The van der Waals surface area contributed by atoms with E-state index in [4.69, 9.17) is 9.05 Å². The number of nitrogens with one attached hydrogen (secondary N) is 1. The number of phosphoric ester groups is 1. The number of hydrogen-bond donors (Lipinski definition) is 3. The van der Waals surface area contributed by atoms with Crippen LogP contribution in [-0.4, -0.2) is 73.4 Å². The van der Waals surface area contributed by atoms with E-state index in [1.807, 2.05) is 21.1 Å². The summed E-state index contributed by atoms with van der Waals surface area (Å²) in [5.41, 5.74) is 0. The van der Waals surface area contributed by atoms with Crippen LogP contribution in [0.2, 0.25) is 0 Å². The summed E-state index contributed by atoms with van der Waals surface area (Å²) in [5.74, 6) is -0.162. The highest BCUT2D eigenvalue weighted by molar-refractivity contribution is 7.47. The summed E-state index contributed by atoms with van der Waals surface area (Å²) in [6.45, 7) is 4.76. The standard InChI is InChI=1S/C44H85N2O6P/c1-6-8-10-12-14-16-18-20-22-24-25-27-29-31-33-35-37-43(47)42(41-52-53(49,50)51-40-39-46(3,4)5)45-44(48)38-36-34-32-30-28-26-23-21-19-17-15-13-11-9-7-2/h9,11,15,17,21,23,42-43,47H,6-8,10,12-14,16,18-20,22,24-41H2,1-5H3,(H-,45,48,49,50)/p+1/b11-9-,17-15-,23-21-. The van der Waals surface area contributed by atoms with Gasteiger partial charge in [0, 0.05) is 6.42 Å². The monoisotopic (exact) mass is 770 g/mol. The predicted molar refractivity (Wildman–Crippen MR) is 226 cm³/mol. The Balaban J connectivity index is 4.41. The molecule has 3 atom stereocenters. The molecule has 9 heteroatoms. The van der Waals surface area contributed by atoms with Crippen molar-refractivity contribution in [2.45, 2.75) is 199 Å². The molecule has 0 aliphatic heterocycles. The molecule has 3 N–H and O–H groups in total. The van der Waals surface area contributed by atoms with Gasteiger partial charge < -0.3 is 19.8 Å². The first-order valence-corrected chi connectivity index (χ1v) is 23.3. The quantitative estimate of drug-likeness (QED) is 0.0249. The van der Waals surface area contributed by atoms with Crippen LogP contribution < -0.4 is 5.32 Å². The van der Waals surface area contributed by atoms with Crippen molar-refractivity contribution in [1.82, 2.24) is 5.32 Å². The Morgan fingerprint density at radius 2 is 1.13 bits per heavy atom. The Labute approximate surface area is 327 Å². The Morgan fingerprint density at radius 1 is 0.660 bits per heavy atom. The van der Waals surface area contributed by atoms with E-state index in [1.165, 1.54) is 83.5 Å². The number of rotatable bonds is 39. The van der Waals surface area contributed by atoms with Gasteiger partial charge in [-0.1, -0.05) is 172 Å². The van der Waals surface area contributed by atoms with Crippen molar-refractivity contribution in [3.05, 3.63) is 36.5 Å². The first-order chi connectivity index (χ1) is 25.5. The number of likely N-dealkylation sites (N-methyl/N-ethyl adjacent to an activating group) is 1. The van der Waals surface area contributed by atoms with Crippen molar-refractivity contribution >= 4 is 13.7 Å². The minimum atomic E-state index is -4.32. The second-order valence-corrected chi connectivity index (χ2v) is 17.5. The first-order valence-electron chi connectivity index (χ1n) is 21.9. The zero-order valence-electron chi connectivity index (χ0n) is 35.3. The number of carbonyl (C=O) groups excluding carboxylic acids is 1. The molecular weight excluding hydrogens is 683 g/mol. The van der Waals surface area contributed by atoms with Gasteiger partial charge in [0.2, 0.25) is 5.91 Å². The summed E-state index contributed by atoms with van der Waals surface area (Å²) >= 11 is 0. The van der Waals surface area contributed by atoms with E-state index in [1.54, 1.807) is 0 Å². The van der Waals surface area contributed by atoms with Gasteiger partial charge in [-0.15, -0.1) is 0 Å². The van der Waals surface area contributed by atoms with Crippen LogP contribution in [0.1, 0.15) is 187 Å². The Kier molecular flexibility index (Phi) is 35.5. The maximum atomic E-state index is 12.9. The minimum Gasteiger partial charge on any atom is -0.391 e. The lowest BCUT2D eigenvalue weighted by Gasteiger charge is -2.26. The van der Waals surface area contributed by atoms with Crippen LogP contribution in [0, 0.1) is 0 Å². The van der Waals surface area contributed by atoms with Crippen LogP contribution in [0.3, 0.4) is 0 Å². The van der Waals surface area contributed by atoms with Crippen molar-refractivity contribution < 1.29 is 32.9 Å². The van der Waals surface area contributed by atoms with Crippen LogP contribution in [0.5, 0.6) is 0 Å². The van der Waals surface area contributed by atoms with Gasteiger partial charge in [0.15, 0.2) is 0 Å². The molecule has 312 valence electrons. The first kappa shape index (κ1) is 51.7. The number of aliphatic hydroxyl groups excluding tert-OH is 1. The van der Waals surface area contributed by atoms with Gasteiger partial charge in [-0.05, 0) is 44.9 Å². The number of nitrogens with zero attached hydrogens (tertiary/aromatic N) is 1. The molecule has 0 aliphatic carbocycles. The van der Waals surface area contributed by atoms with E-state index in [9.17, 15) is 19.4 Å². The van der Waals surface area contributed by atoms with Crippen LogP contribution in [-0.2, 0) is 18.4 Å². The molecule has 53 heavy (non-hydrogen) atoms. The summed E-state index contributed by atoms with van der Waals surface area (Å²) in [7, 11) is 1.60. The lowest BCUT2D eigenvalue weighted by atomic mass is 10.0. The molecule has 0 aromatic heterocycles. The van der Waals surface area contributed by atoms with Gasteiger partial charge in [-0.25, -0.2) is 4.57 Å². The second kappa shape index (κ2) is 36.4. The molecule has 0 fully saturated rings. The smallest absolute Gasteiger partial charge is 0.391 e. The minimum absolute atomic E-state index is 0.0703. The summed E-state index contributed by atoms with van der Waals surface area (Å²) < 4.78 is 23.6. The van der Waals surface area contributed by atoms with Gasteiger partial charge in [0.1, 0.15) is 13.2 Å². The molecule has 0 spiro atoms. The molecule has 0 aromatic carbocycles. The molecule has 0 radical (unpaired) electrons. The SMILES string of the molecule is CC/C=C\C/C=C\C/C=C\CCCCCCCC(=O)NC(COP(=O)(O)OCC[N+](C)(C)C)C(O)CCCCCCCCCCCCCCCCCC. The van der Waals surface area contributed by atoms with Crippen molar-refractivity contribution in [2.24, 2.45) is 0 Å². The lowest BCUT2D eigenvalue weighted by molar-refractivity contribution is -0.870. The van der Waals surface area contributed by atoms with Crippen molar-refractivity contribution in [2.75, 3.05) is 40.9 Å². The molecule has 0 heterocycles. The summed E-state index contributed by atoms with van der Waals surface area (Å²) in [6, 6.07) is -0.768. The fourth-order valence-electron chi connectivity index (χ4n) is 6.18. The van der Waals surface area contributed by atoms with E-state index in [0.717, 1.165) is 77.0 Å². The summed E-state index contributed by atoms with van der Waals surface area (Å²) in [5, 5.41) is 13.9. The third-order valence-electron chi connectivity index (χ3n) is 9.65. The van der Waals surface area contributed by atoms with E-state index >= 15 is 0 Å². The molecule has 0 saturated carbocycles. The predicted octanol–water partition coefficient (Wildman–Crippen LogP) is 11.9. The molecule has 0 saturated heterocycles. The molecular formula is C44H86N2O6P+. The van der Waals surface area contributed by atoms with E-state index < -0.39 is 20.0 Å². The van der Waals surface area contributed by atoms with Crippen molar-refractivity contribution in [1.29, 1.82) is 0 Å². The third-order valence-corrected chi connectivity index (χ3v) is 10.6. The number of phosphoric acid groups is 1. The number of unbranched alkanes of at least 4 members (excludes halogenated alkanes) is 20. The maximum absolute atomic E-state index is 12.9. The van der Waals surface area contributed by atoms with Gasteiger partial charge in [-0.2, -0.15) is 0 Å². The van der Waals surface area contributed by atoms with E-state index in [-0.39, 0.29) is 19.1 Å². The number of quaternary nitrogens is 1. The largest absolute Gasteiger partial charge is 0.472 e. The lowest BCUT2D eigenvalue weighted by Crippen LogP contribution is -2.46. The number of carbonyl (C=O) groups is 1. The fraction of sp³-hybridized carbons (Fsp3) is 0.841. The second-order valence-electron chi connectivity index (χ2n) is 16.0. The summed E-state index contributed by atoms with van der Waals surface area (Å²) in [6.07, 6.45) is 43.1. The average molecular weight is 770 g/mol. The van der Waals surface area contributed by atoms with Crippen molar-refractivity contribution in [3.63, 3.8) is 0 Å². The normalized spacial score (nSPS) is 14.8. The Bertz CT molecular complexity index is 964. The molecule has 8 nitrogen and oxygen atoms in total. The molecule has 3 unspecified atom stereocenters. The average Bonchev–Trinajstić information content (AvgIpc) is 3.10. The molecule has 0 bridgehead atoms. The summed E-state index contributed by atoms with van der Waals surface area (Å²) in [4.78, 5) is 23.1. The highest BCUT2D eigenvalue weighted by atomic mass is 31.2. The number of aliphatic hydroxyl groups is 1. The highest BCUT2D eigenvalue weighted by Crippen LogP contribution is 2.43. The Morgan fingerprint density at radius 3 is 1.66 bits per heavy atom. The Hall–Kier alpha value is -1.28. The van der Waals surface area contributed by atoms with Crippen LogP contribution >= 0.6 is 7.82 Å². The fourth-order valence-corrected chi connectivity index (χ4v) is 6.91. The number of amides is 1. The molecule has 0 rings (SSSR count). The van der Waals surface area contributed by atoms with Crippen molar-refractivity contribution in [3.8, 4) is 0 Å². The van der Waals surface area contributed by atoms with Crippen LogP contribution in [0.15, 0.2) is 36.5 Å². The zero-order valence-corrected chi connectivity index (χ0v) is 36.1. The highest BCUT2D eigenvalue weighted by Gasteiger charge is 2.28. The van der Waals surface area contributed by atoms with Crippen LogP contribution in [0.25, 0.3) is 0 Å². The third kappa shape index (κ3) is 38.8. The topological polar surface area (TPSA) is 105 Å². The van der Waals surface area contributed by atoms with E-state index in [2.05, 4.69) is 55.6 Å². The van der Waals surface area contributed by atoms with Gasteiger partial charge in [0.05, 0.1) is 39.9 Å². The van der Waals surface area contributed by atoms with E-state index in [0.29, 0.717) is 23.9 Å². The molecule has 0 aliphatic rings. The number of hydrogen-bond acceptors (Lipinski definition) is 5. The van der Waals surface area contributed by atoms with Gasteiger partial charge in [0.25, 0.3) is 0 Å². The van der Waals surface area contributed by atoms with Crippen LogP contribution in [0.4, 0.5) is 0 Å². The maximum Gasteiger partial charge on any atom is 0.472 e. The number of allylic oxidation sites excluding steroid dienone is 6.